The summed E-state index contributed by atoms with van der Waals surface area (Å²) in [5, 5.41) is 3.82. The minimum Gasteiger partial charge on any atom is -0.356 e. The first-order chi connectivity index (χ1) is 23.6. The molecule has 0 aromatic heterocycles. The number of unbranched alkanes of at least 4 members (excludes halogenated alkanes) is 10. The second kappa shape index (κ2) is 16.9. The zero-order chi connectivity index (χ0) is 33.2. The van der Waals surface area contributed by atoms with E-state index < -0.39 is 0 Å². The molecule has 0 saturated heterocycles. The molecule has 6 rings (SSSR count). The summed E-state index contributed by atoms with van der Waals surface area (Å²) in [6.45, 7) is 6.92. The van der Waals surface area contributed by atoms with Crippen LogP contribution in [0, 0.1) is 6.92 Å². The van der Waals surface area contributed by atoms with E-state index >= 15 is 0 Å². The first kappa shape index (κ1) is 34.5. The van der Waals surface area contributed by atoms with Crippen LogP contribution in [0.4, 0.5) is 11.4 Å². The number of hydrogen-bond donors (Lipinski definition) is 1. The lowest BCUT2D eigenvalue weighted by Crippen LogP contribution is -2.25. The summed E-state index contributed by atoms with van der Waals surface area (Å²) >= 11 is 0. The number of aryl methyl sites for hydroxylation is 5. The van der Waals surface area contributed by atoms with Gasteiger partial charge in [-0.3, -0.25) is 0 Å². The average molecular weight is 640 g/mol. The van der Waals surface area contributed by atoms with Gasteiger partial charge in [-0.25, -0.2) is 0 Å². The van der Waals surface area contributed by atoms with E-state index in [1.165, 1.54) is 155 Å². The number of nitrogens with one attached hydrogen (secondary N) is 1. The lowest BCUT2D eigenvalue weighted by Gasteiger charge is -2.33. The van der Waals surface area contributed by atoms with Gasteiger partial charge in [0.05, 0.1) is 0 Å². The normalized spacial score (nSPS) is 13.9. The molecule has 0 unspecified atom stereocenters. The van der Waals surface area contributed by atoms with Crippen LogP contribution in [-0.2, 0) is 31.1 Å². The second-order valence-electron chi connectivity index (χ2n) is 15.2. The summed E-state index contributed by atoms with van der Waals surface area (Å²) in [7, 11) is 0. The van der Waals surface area contributed by atoms with Crippen LogP contribution >= 0.6 is 0 Å². The SMILES string of the molecule is CCCCCCCCC1(CCCCCCCC)c2cc(C)ccc2-c2ccc(Nc3ccc(CCCc4ccc5c(c4)CC5)cc3)cc21. The molecule has 0 aliphatic heterocycles. The molecule has 0 amide bonds. The van der Waals surface area contributed by atoms with Crippen molar-refractivity contribution in [1.82, 2.24) is 0 Å². The highest BCUT2D eigenvalue weighted by Gasteiger charge is 2.42. The molecule has 0 bridgehead atoms. The summed E-state index contributed by atoms with van der Waals surface area (Å²) in [6.07, 6.45) is 24.8. The van der Waals surface area contributed by atoms with E-state index in [-0.39, 0.29) is 5.41 Å². The number of anilines is 2. The summed E-state index contributed by atoms with van der Waals surface area (Å²) in [4.78, 5) is 0. The van der Waals surface area contributed by atoms with Crippen molar-refractivity contribution >= 4 is 11.4 Å². The Morgan fingerprint density at radius 2 is 1.06 bits per heavy atom. The fourth-order valence-corrected chi connectivity index (χ4v) is 8.59. The number of hydrogen-bond acceptors (Lipinski definition) is 1. The van der Waals surface area contributed by atoms with Gasteiger partial charge in [0.25, 0.3) is 0 Å². The Labute approximate surface area is 293 Å². The monoisotopic (exact) mass is 639 g/mol. The maximum absolute atomic E-state index is 3.82. The molecule has 2 aliphatic carbocycles. The molecule has 0 heterocycles. The number of rotatable bonds is 20. The fourth-order valence-electron chi connectivity index (χ4n) is 8.59. The zero-order valence-corrected chi connectivity index (χ0v) is 30.4. The molecule has 2 aliphatic rings. The van der Waals surface area contributed by atoms with Gasteiger partial charge in [0.2, 0.25) is 0 Å². The molecule has 0 fully saturated rings. The number of fused-ring (bicyclic) bond motifs is 4. The van der Waals surface area contributed by atoms with Crippen molar-refractivity contribution in [2.24, 2.45) is 0 Å². The van der Waals surface area contributed by atoms with Crippen molar-refractivity contribution < 1.29 is 0 Å². The van der Waals surface area contributed by atoms with Crippen LogP contribution in [0.25, 0.3) is 11.1 Å². The van der Waals surface area contributed by atoms with Crippen molar-refractivity contribution in [3.8, 4) is 11.1 Å². The van der Waals surface area contributed by atoms with Crippen molar-refractivity contribution in [3.63, 3.8) is 0 Å². The lowest BCUT2D eigenvalue weighted by molar-refractivity contribution is 0.398. The maximum atomic E-state index is 3.82. The van der Waals surface area contributed by atoms with Gasteiger partial charge in [0, 0.05) is 16.8 Å². The first-order valence-electron chi connectivity index (χ1n) is 19.8. The van der Waals surface area contributed by atoms with Crippen molar-refractivity contribution in [2.75, 3.05) is 5.32 Å². The standard InChI is InChI=1S/C47H61N/c1-4-6-8-10-12-14-31-47(32-15-13-11-9-7-5-2)45-33-36(3)19-29-43(45)44-30-28-42(35-46(44)47)48-41-26-21-37(22-27-41)17-16-18-38-20-23-39-24-25-40(39)34-38/h19-23,26-30,33-35,48H,4-18,24-25,31-32H2,1-3H3. The molecule has 0 radical (unpaired) electrons. The van der Waals surface area contributed by atoms with Crippen LogP contribution < -0.4 is 5.32 Å². The second-order valence-corrected chi connectivity index (χ2v) is 15.2. The van der Waals surface area contributed by atoms with E-state index in [9.17, 15) is 0 Å². The molecule has 1 N–H and O–H groups in total. The van der Waals surface area contributed by atoms with Crippen molar-refractivity contribution in [2.45, 2.75) is 148 Å². The van der Waals surface area contributed by atoms with Crippen LogP contribution in [0.1, 0.15) is 149 Å². The topological polar surface area (TPSA) is 12.0 Å². The highest BCUT2D eigenvalue weighted by Crippen LogP contribution is 2.55. The van der Waals surface area contributed by atoms with E-state index in [2.05, 4.69) is 105 Å². The molecule has 1 heteroatoms. The van der Waals surface area contributed by atoms with Gasteiger partial charge in [-0.1, -0.05) is 151 Å². The van der Waals surface area contributed by atoms with Crippen LogP contribution in [0.3, 0.4) is 0 Å². The third kappa shape index (κ3) is 8.27. The predicted octanol–water partition coefficient (Wildman–Crippen LogP) is 13.8. The van der Waals surface area contributed by atoms with Crippen molar-refractivity contribution in [3.05, 3.63) is 118 Å². The molecule has 0 saturated carbocycles. The number of benzene rings is 4. The van der Waals surface area contributed by atoms with Crippen LogP contribution in [-0.4, -0.2) is 0 Å². The molecule has 4 aromatic rings. The molecule has 1 nitrogen and oxygen atoms in total. The quantitative estimate of drug-likeness (QED) is 0.0949. The summed E-state index contributed by atoms with van der Waals surface area (Å²) in [5.41, 5.74) is 16.1. The summed E-state index contributed by atoms with van der Waals surface area (Å²) in [5.74, 6) is 0. The smallest absolute Gasteiger partial charge is 0.0387 e. The third-order valence-corrected chi connectivity index (χ3v) is 11.5. The molecule has 254 valence electrons. The van der Waals surface area contributed by atoms with Gasteiger partial charge in [-0.15, -0.1) is 0 Å². The van der Waals surface area contributed by atoms with Gasteiger partial charge in [-0.05, 0) is 121 Å². The van der Waals surface area contributed by atoms with E-state index in [1.54, 1.807) is 22.3 Å². The van der Waals surface area contributed by atoms with Crippen LogP contribution in [0.2, 0.25) is 0 Å². The van der Waals surface area contributed by atoms with Gasteiger partial charge in [0.15, 0.2) is 0 Å². The van der Waals surface area contributed by atoms with Gasteiger partial charge >= 0.3 is 0 Å². The van der Waals surface area contributed by atoms with Crippen molar-refractivity contribution in [1.29, 1.82) is 0 Å². The lowest BCUT2D eigenvalue weighted by atomic mass is 9.70. The van der Waals surface area contributed by atoms with E-state index in [0.717, 1.165) is 6.42 Å². The maximum Gasteiger partial charge on any atom is 0.0387 e. The largest absolute Gasteiger partial charge is 0.356 e. The average Bonchev–Trinajstić information content (AvgIpc) is 3.34. The predicted molar refractivity (Wildman–Crippen MR) is 209 cm³/mol. The zero-order valence-electron chi connectivity index (χ0n) is 30.4. The molecule has 0 atom stereocenters. The van der Waals surface area contributed by atoms with Crippen LogP contribution in [0.5, 0.6) is 0 Å². The Morgan fingerprint density at radius 1 is 0.500 bits per heavy atom. The molecule has 0 spiro atoms. The minimum atomic E-state index is 0.119. The minimum absolute atomic E-state index is 0.119. The Kier molecular flexibility index (Phi) is 12.1. The fraction of sp³-hybridized carbons (Fsp3) is 0.489. The molecule has 48 heavy (non-hydrogen) atoms. The Hall–Kier alpha value is -3.32. The Balaban J connectivity index is 1.17. The third-order valence-electron chi connectivity index (χ3n) is 11.5. The van der Waals surface area contributed by atoms with Gasteiger partial charge < -0.3 is 5.32 Å². The van der Waals surface area contributed by atoms with E-state index in [0.29, 0.717) is 0 Å². The van der Waals surface area contributed by atoms with Gasteiger partial charge in [-0.2, -0.15) is 0 Å². The van der Waals surface area contributed by atoms with Gasteiger partial charge in [0.1, 0.15) is 0 Å². The molecular weight excluding hydrogens is 579 g/mol. The summed E-state index contributed by atoms with van der Waals surface area (Å²) < 4.78 is 0. The molecular formula is C47H61N. The highest BCUT2D eigenvalue weighted by molar-refractivity contribution is 5.83. The highest BCUT2D eigenvalue weighted by atomic mass is 14.9. The molecule has 4 aromatic carbocycles. The van der Waals surface area contributed by atoms with Crippen LogP contribution in [0.15, 0.2) is 78.9 Å². The Morgan fingerprint density at radius 3 is 1.71 bits per heavy atom. The summed E-state index contributed by atoms with van der Waals surface area (Å²) in [6, 6.07) is 30.9. The first-order valence-corrected chi connectivity index (χ1v) is 19.8. The Bertz CT molecular complexity index is 1590. The van der Waals surface area contributed by atoms with E-state index in [4.69, 9.17) is 0 Å². The van der Waals surface area contributed by atoms with E-state index in [1.807, 2.05) is 0 Å².